The fourth-order valence-corrected chi connectivity index (χ4v) is 2.22. The van der Waals surface area contributed by atoms with E-state index >= 15 is 0 Å². The Balaban J connectivity index is 2.33. The Morgan fingerprint density at radius 3 is 2.52 bits per heavy atom. The van der Waals surface area contributed by atoms with Crippen molar-refractivity contribution in [3.8, 4) is 0 Å². The van der Waals surface area contributed by atoms with Crippen molar-refractivity contribution < 1.29 is 9.59 Å². The summed E-state index contributed by atoms with van der Waals surface area (Å²) < 4.78 is 0.721. The lowest BCUT2D eigenvalue weighted by molar-refractivity contribution is 0.0996. The summed E-state index contributed by atoms with van der Waals surface area (Å²) in [7, 11) is 0. The molecule has 2 rings (SSSR count). The molecule has 2 aromatic carbocycles. The fraction of sp³-hybridized carbons (Fsp3) is 0. The molecule has 5 N–H and O–H groups in total. The van der Waals surface area contributed by atoms with Crippen molar-refractivity contribution in [2.45, 2.75) is 0 Å². The minimum atomic E-state index is -0.607. The maximum Gasteiger partial charge on any atom is 0.257 e. The van der Waals surface area contributed by atoms with E-state index in [9.17, 15) is 9.59 Å². The van der Waals surface area contributed by atoms with Gasteiger partial charge in [0.2, 0.25) is 5.91 Å². The van der Waals surface area contributed by atoms with E-state index in [-0.39, 0.29) is 11.3 Å². The monoisotopic (exact) mass is 367 g/mol. The molecule has 2 aromatic rings. The number of carbonyl (C=O) groups is 2. The Morgan fingerprint density at radius 1 is 1.14 bits per heavy atom. The van der Waals surface area contributed by atoms with Crippen LogP contribution in [0.5, 0.6) is 0 Å². The van der Waals surface area contributed by atoms with Crippen LogP contribution in [0.15, 0.2) is 40.9 Å². The molecule has 7 heteroatoms. The normalized spacial score (nSPS) is 10.2. The number of primary amides is 1. The van der Waals surface area contributed by atoms with Gasteiger partial charge in [-0.2, -0.15) is 0 Å². The minimum Gasteiger partial charge on any atom is -0.398 e. The third-order valence-electron chi connectivity index (χ3n) is 2.76. The number of nitrogen functional groups attached to an aromatic ring is 1. The molecule has 0 radical (unpaired) electrons. The first-order valence-electron chi connectivity index (χ1n) is 5.84. The topological polar surface area (TPSA) is 98.2 Å². The number of hydrogen-bond donors (Lipinski definition) is 3. The number of halogens is 2. The number of nitrogens with one attached hydrogen (secondary N) is 1. The summed E-state index contributed by atoms with van der Waals surface area (Å²) in [6, 6.07) is 9.32. The van der Waals surface area contributed by atoms with Gasteiger partial charge in [0, 0.05) is 15.7 Å². The lowest BCUT2D eigenvalue weighted by Crippen LogP contribution is -2.16. The molecule has 2 amide bonds. The summed E-state index contributed by atoms with van der Waals surface area (Å²) in [5.74, 6) is -1.04. The highest BCUT2D eigenvalue weighted by atomic mass is 79.9. The number of benzene rings is 2. The summed E-state index contributed by atoms with van der Waals surface area (Å²) in [6.07, 6.45) is 0. The highest BCUT2D eigenvalue weighted by Gasteiger charge is 2.13. The predicted octanol–water partition coefficient (Wildman–Crippen LogP) is 3.04. The molecule has 0 unspecified atom stereocenters. The Morgan fingerprint density at radius 2 is 1.86 bits per heavy atom. The van der Waals surface area contributed by atoms with Gasteiger partial charge in [0.05, 0.1) is 16.3 Å². The second-order valence-corrected chi connectivity index (χ2v) is 5.57. The molecule has 0 aliphatic heterocycles. The van der Waals surface area contributed by atoms with Crippen LogP contribution in [0, 0.1) is 0 Å². The van der Waals surface area contributed by atoms with Crippen molar-refractivity contribution in [1.29, 1.82) is 0 Å². The van der Waals surface area contributed by atoms with Crippen LogP contribution in [0.25, 0.3) is 0 Å². The van der Waals surface area contributed by atoms with Gasteiger partial charge in [-0.1, -0.05) is 27.5 Å². The van der Waals surface area contributed by atoms with E-state index in [1.807, 2.05) is 0 Å². The zero-order valence-electron chi connectivity index (χ0n) is 10.7. The van der Waals surface area contributed by atoms with Crippen molar-refractivity contribution in [3.63, 3.8) is 0 Å². The Hall–Kier alpha value is -2.05. The van der Waals surface area contributed by atoms with E-state index in [4.69, 9.17) is 23.1 Å². The Labute approximate surface area is 134 Å². The first kappa shape index (κ1) is 15.3. The van der Waals surface area contributed by atoms with E-state index in [0.717, 1.165) is 4.47 Å². The van der Waals surface area contributed by atoms with Gasteiger partial charge >= 0.3 is 0 Å². The van der Waals surface area contributed by atoms with Crippen molar-refractivity contribution in [2.24, 2.45) is 5.73 Å². The highest BCUT2D eigenvalue weighted by Crippen LogP contribution is 2.25. The summed E-state index contributed by atoms with van der Waals surface area (Å²) >= 11 is 9.27. The molecule has 21 heavy (non-hydrogen) atoms. The molecular formula is C14H11BrClN3O2. The maximum atomic E-state index is 12.2. The molecular weight excluding hydrogens is 358 g/mol. The van der Waals surface area contributed by atoms with Crippen LogP contribution in [0.1, 0.15) is 20.7 Å². The maximum absolute atomic E-state index is 12.2. The number of rotatable bonds is 3. The SMILES string of the molecule is NC(=O)c1ccc(Cl)c(NC(=O)c2cc(Br)ccc2N)c1. The molecule has 0 spiro atoms. The van der Waals surface area contributed by atoms with Crippen LogP contribution in [0.4, 0.5) is 11.4 Å². The van der Waals surface area contributed by atoms with Gasteiger partial charge in [-0.15, -0.1) is 0 Å². The molecule has 0 fully saturated rings. The quantitative estimate of drug-likeness (QED) is 0.726. The summed E-state index contributed by atoms with van der Waals surface area (Å²) in [6.45, 7) is 0. The van der Waals surface area contributed by atoms with Crippen LogP contribution < -0.4 is 16.8 Å². The van der Waals surface area contributed by atoms with E-state index in [0.29, 0.717) is 16.3 Å². The van der Waals surface area contributed by atoms with Gasteiger partial charge in [0.15, 0.2) is 0 Å². The van der Waals surface area contributed by atoms with Gasteiger partial charge in [-0.05, 0) is 36.4 Å². The first-order chi connectivity index (χ1) is 9.88. The number of amides is 2. The molecule has 0 aliphatic carbocycles. The molecule has 108 valence electrons. The van der Waals surface area contributed by atoms with Crippen LogP contribution in [0.3, 0.4) is 0 Å². The van der Waals surface area contributed by atoms with Crippen molar-refractivity contribution in [3.05, 3.63) is 57.0 Å². The first-order valence-corrected chi connectivity index (χ1v) is 7.01. The van der Waals surface area contributed by atoms with Crippen LogP contribution >= 0.6 is 27.5 Å². The van der Waals surface area contributed by atoms with E-state index in [2.05, 4.69) is 21.2 Å². The second-order valence-electron chi connectivity index (χ2n) is 4.24. The summed E-state index contributed by atoms with van der Waals surface area (Å²) in [5.41, 5.74) is 12.1. The summed E-state index contributed by atoms with van der Waals surface area (Å²) in [5, 5.41) is 2.90. The third-order valence-corrected chi connectivity index (χ3v) is 3.58. The molecule has 5 nitrogen and oxygen atoms in total. The second kappa shape index (κ2) is 6.15. The average Bonchev–Trinajstić information content (AvgIpc) is 2.43. The van der Waals surface area contributed by atoms with Gasteiger partial charge in [0.25, 0.3) is 5.91 Å². The lowest BCUT2D eigenvalue weighted by Gasteiger charge is -2.10. The predicted molar refractivity (Wildman–Crippen MR) is 86.5 cm³/mol. The molecule has 0 aromatic heterocycles. The van der Waals surface area contributed by atoms with Crippen LogP contribution in [0.2, 0.25) is 5.02 Å². The minimum absolute atomic E-state index is 0.247. The number of anilines is 2. The fourth-order valence-electron chi connectivity index (χ4n) is 1.69. The molecule has 0 saturated heterocycles. The van der Waals surface area contributed by atoms with E-state index < -0.39 is 11.8 Å². The molecule has 0 aliphatic rings. The van der Waals surface area contributed by atoms with E-state index in [1.54, 1.807) is 18.2 Å². The van der Waals surface area contributed by atoms with Crippen molar-refractivity contribution >= 4 is 50.7 Å². The number of nitrogens with two attached hydrogens (primary N) is 2. The van der Waals surface area contributed by atoms with Crippen molar-refractivity contribution in [1.82, 2.24) is 0 Å². The number of carbonyl (C=O) groups excluding carboxylic acids is 2. The van der Waals surface area contributed by atoms with Gasteiger partial charge in [0.1, 0.15) is 0 Å². The standard InChI is InChI=1S/C14H11BrClN3O2/c15-8-2-4-11(17)9(6-8)14(21)19-12-5-7(13(18)20)1-3-10(12)16/h1-6H,17H2,(H2,18,20)(H,19,21). The van der Waals surface area contributed by atoms with Crippen LogP contribution in [-0.2, 0) is 0 Å². The number of hydrogen-bond acceptors (Lipinski definition) is 3. The molecule has 0 saturated carbocycles. The van der Waals surface area contributed by atoms with Gasteiger partial charge in [-0.25, -0.2) is 0 Å². The van der Waals surface area contributed by atoms with Crippen LogP contribution in [-0.4, -0.2) is 11.8 Å². The largest absolute Gasteiger partial charge is 0.398 e. The smallest absolute Gasteiger partial charge is 0.257 e. The molecule has 0 atom stereocenters. The van der Waals surface area contributed by atoms with Crippen molar-refractivity contribution in [2.75, 3.05) is 11.1 Å². The zero-order chi connectivity index (χ0) is 15.6. The third kappa shape index (κ3) is 3.53. The average molecular weight is 369 g/mol. The lowest BCUT2D eigenvalue weighted by atomic mass is 10.1. The van der Waals surface area contributed by atoms with Gasteiger partial charge in [-0.3, -0.25) is 9.59 Å². The zero-order valence-corrected chi connectivity index (χ0v) is 13.0. The highest BCUT2D eigenvalue weighted by molar-refractivity contribution is 9.10. The molecule has 0 heterocycles. The van der Waals surface area contributed by atoms with Gasteiger partial charge < -0.3 is 16.8 Å². The van der Waals surface area contributed by atoms with E-state index in [1.165, 1.54) is 18.2 Å². The summed E-state index contributed by atoms with van der Waals surface area (Å²) in [4.78, 5) is 23.4. The Bertz CT molecular complexity index is 734. The Kier molecular flexibility index (Phi) is 4.50. The molecule has 0 bridgehead atoms.